The van der Waals surface area contributed by atoms with Crippen LogP contribution in [0.4, 0.5) is 34.1 Å². The Balaban J connectivity index is 0.791. The minimum atomic E-state index is 1.05. The van der Waals surface area contributed by atoms with Gasteiger partial charge in [-0.1, -0.05) is 291 Å². The molecular formula is C90H60N2S. The summed E-state index contributed by atoms with van der Waals surface area (Å²) >= 11 is 1.88. The topological polar surface area (TPSA) is 6.48 Å². The normalized spacial score (nSPS) is 11.4. The predicted octanol–water partition coefficient (Wildman–Crippen LogP) is 26.1. The van der Waals surface area contributed by atoms with E-state index in [4.69, 9.17) is 0 Å². The van der Waals surface area contributed by atoms with Crippen LogP contribution in [0.5, 0.6) is 0 Å². The molecule has 0 amide bonds. The number of nitrogens with zero attached hydrogens (tertiary/aromatic N) is 2. The van der Waals surface area contributed by atoms with Crippen LogP contribution in [0.15, 0.2) is 364 Å². The molecule has 0 fully saturated rings. The van der Waals surface area contributed by atoms with Gasteiger partial charge in [0.05, 0.1) is 11.4 Å². The molecule has 0 aliphatic carbocycles. The van der Waals surface area contributed by atoms with Gasteiger partial charge in [0.25, 0.3) is 0 Å². The van der Waals surface area contributed by atoms with Gasteiger partial charge in [0.2, 0.25) is 0 Å². The third-order valence-corrected chi connectivity index (χ3v) is 19.7. The molecule has 3 heteroatoms. The van der Waals surface area contributed by atoms with Crippen molar-refractivity contribution < 1.29 is 0 Å². The van der Waals surface area contributed by atoms with Crippen molar-refractivity contribution in [3.05, 3.63) is 364 Å². The minimum Gasteiger partial charge on any atom is -0.310 e. The molecule has 0 N–H and O–H groups in total. The van der Waals surface area contributed by atoms with Gasteiger partial charge in [-0.25, -0.2) is 0 Å². The summed E-state index contributed by atoms with van der Waals surface area (Å²) in [4.78, 5) is 4.87. The summed E-state index contributed by atoms with van der Waals surface area (Å²) in [5.74, 6) is 0. The molecule has 93 heavy (non-hydrogen) atoms. The van der Waals surface area contributed by atoms with Gasteiger partial charge in [0, 0.05) is 54.0 Å². The molecule has 0 saturated heterocycles. The van der Waals surface area contributed by atoms with E-state index in [1.54, 1.807) is 0 Å². The number of benzene rings is 16. The maximum Gasteiger partial charge on any atom is 0.0540 e. The highest BCUT2D eigenvalue weighted by atomic mass is 32.1. The molecular weight excluding hydrogens is 1140 g/mol. The van der Waals surface area contributed by atoms with Crippen LogP contribution < -0.4 is 9.80 Å². The van der Waals surface area contributed by atoms with Gasteiger partial charge in [0.15, 0.2) is 0 Å². The quantitative estimate of drug-likeness (QED) is 0.114. The lowest BCUT2D eigenvalue weighted by Crippen LogP contribution is -2.13. The van der Waals surface area contributed by atoms with Crippen molar-refractivity contribution in [2.45, 2.75) is 0 Å². The van der Waals surface area contributed by atoms with Gasteiger partial charge in [0.1, 0.15) is 0 Å². The molecule has 17 rings (SSSR count). The lowest BCUT2D eigenvalue weighted by Gasteiger charge is -2.31. The standard InChI is InChI=1S/C90H60N2S/c1-3-20-64(21-4-1)78-57-58-79(82-29-12-11-28-81(78)82)68-45-54-75(55-46-68)92(74-52-43-67(44-53-74)77-32-17-26-65-24-9-10-27-76(65)77)88-36-16-14-31-84(88)83-30-13-15-35-87(83)91(72-48-39-62(40-49-72)70-38-37-61-19-7-8-25-69(61)59-70)73-50-41-63(42-51-73)71-47-56-85-86-34-18-33-80(66-22-5-2-6-23-66)90(86)93-89(85)60-71/h1-60H. The second-order valence-corrected chi connectivity index (χ2v) is 25.0. The van der Waals surface area contributed by atoms with Crippen LogP contribution in [-0.4, -0.2) is 0 Å². The molecule has 0 unspecified atom stereocenters. The smallest absolute Gasteiger partial charge is 0.0540 e. The van der Waals surface area contributed by atoms with Crippen LogP contribution >= 0.6 is 11.3 Å². The molecule has 0 radical (unpaired) electrons. The van der Waals surface area contributed by atoms with Gasteiger partial charge in [-0.05, 0) is 172 Å². The predicted molar refractivity (Wildman–Crippen MR) is 399 cm³/mol. The molecule has 0 spiro atoms. The lowest BCUT2D eigenvalue weighted by molar-refractivity contribution is 1.27. The number of thiophene rings is 1. The second-order valence-electron chi connectivity index (χ2n) is 23.9. The number of para-hydroxylation sites is 2. The maximum atomic E-state index is 2.44. The first-order valence-electron chi connectivity index (χ1n) is 31.9. The molecule has 436 valence electrons. The molecule has 0 saturated carbocycles. The van der Waals surface area contributed by atoms with E-state index in [1.807, 2.05) is 11.3 Å². The number of anilines is 6. The monoisotopic (exact) mass is 1200 g/mol. The van der Waals surface area contributed by atoms with Crippen molar-refractivity contribution in [3.8, 4) is 77.9 Å². The fourth-order valence-electron chi connectivity index (χ4n) is 13.9. The molecule has 1 aromatic heterocycles. The molecule has 1 heterocycles. The first-order valence-corrected chi connectivity index (χ1v) is 32.7. The Morgan fingerprint density at radius 3 is 1.12 bits per heavy atom. The van der Waals surface area contributed by atoms with Crippen LogP contribution in [0.3, 0.4) is 0 Å². The van der Waals surface area contributed by atoms with Crippen molar-refractivity contribution >= 4 is 98.0 Å². The van der Waals surface area contributed by atoms with Crippen LogP contribution in [0.2, 0.25) is 0 Å². The Kier molecular flexibility index (Phi) is 14.1. The van der Waals surface area contributed by atoms with Gasteiger partial charge in [-0.3, -0.25) is 0 Å². The maximum absolute atomic E-state index is 2.44. The summed E-state index contributed by atoms with van der Waals surface area (Å²) in [7, 11) is 0. The van der Waals surface area contributed by atoms with Gasteiger partial charge in [-0.2, -0.15) is 0 Å². The molecule has 2 nitrogen and oxygen atoms in total. The fraction of sp³-hybridized carbons (Fsp3) is 0. The van der Waals surface area contributed by atoms with Crippen molar-refractivity contribution in [1.82, 2.24) is 0 Å². The average molecular weight is 1200 g/mol. The number of fused-ring (bicyclic) bond motifs is 6. The molecule has 16 aromatic carbocycles. The Labute approximate surface area is 546 Å². The molecule has 0 aliphatic rings. The van der Waals surface area contributed by atoms with Gasteiger partial charge in [-0.15, -0.1) is 11.3 Å². The zero-order valence-electron chi connectivity index (χ0n) is 50.9. The fourth-order valence-corrected chi connectivity index (χ4v) is 15.2. The summed E-state index contributed by atoms with van der Waals surface area (Å²) in [6.45, 7) is 0. The van der Waals surface area contributed by atoms with Crippen molar-refractivity contribution in [2.24, 2.45) is 0 Å². The molecule has 0 bridgehead atoms. The van der Waals surface area contributed by atoms with Crippen LogP contribution in [0, 0.1) is 0 Å². The Morgan fingerprint density at radius 2 is 0.548 bits per heavy atom. The SMILES string of the molecule is c1ccc(-c2ccc(-c3ccc(N(c4ccc(-c5cccc6ccccc56)cc4)c4ccccc4-c4ccccc4N(c4ccc(-c5ccc6ccccc6c5)cc4)c4ccc(-c5ccc6c(c5)sc5c(-c7ccccc7)cccc56)cc4)cc3)c3ccccc23)cc1. The number of hydrogen-bond donors (Lipinski definition) is 0. The van der Waals surface area contributed by atoms with E-state index in [9.17, 15) is 0 Å². The summed E-state index contributed by atoms with van der Waals surface area (Å²) in [6, 6.07) is 134. The highest BCUT2D eigenvalue weighted by molar-refractivity contribution is 7.26. The van der Waals surface area contributed by atoms with E-state index in [0.717, 1.165) is 61.9 Å². The minimum absolute atomic E-state index is 1.05. The van der Waals surface area contributed by atoms with E-state index in [2.05, 4.69) is 374 Å². The third kappa shape index (κ3) is 10.3. The highest BCUT2D eigenvalue weighted by Crippen LogP contribution is 2.49. The first kappa shape index (κ1) is 55.2. The van der Waals surface area contributed by atoms with Gasteiger partial charge >= 0.3 is 0 Å². The van der Waals surface area contributed by atoms with E-state index in [-0.39, 0.29) is 0 Å². The zero-order valence-corrected chi connectivity index (χ0v) is 51.8. The van der Waals surface area contributed by atoms with E-state index >= 15 is 0 Å². The summed E-state index contributed by atoms with van der Waals surface area (Å²) in [6.07, 6.45) is 0. The van der Waals surface area contributed by atoms with Crippen LogP contribution in [0.25, 0.3) is 130 Å². The van der Waals surface area contributed by atoms with Crippen LogP contribution in [0.1, 0.15) is 0 Å². The van der Waals surface area contributed by atoms with E-state index in [0.29, 0.717) is 0 Å². The van der Waals surface area contributed by atoms with Gasteiger partial charge < -0.3 is 9.80 Å². The summed E-state index contributed by atoms with van der Waals surface area (Å²) in [5.41, 5.74) is 22.9. The van der Waals surface area contributed by atoms with Crippen molar-refractivity contribution in [3.63, 3.8) is 0 Å². The van der Waals surface area contributed by atoms with Crippen LogP contribution in [-0.2, 0) is 0 Å². The lowest BCUT2D eigenvalue weighted by atomic mass is 9.92. The number of hydrogen-bond acceptors (Lipinski definition) is 3. The Bertz CT molecular complexity index is 5590. The first-order chi connectivity index (χ1) is 46.1. The van der Waals surface area contributed by atoms with Crippen molar-refractivity contribution in [1.29, 1.82) is 0 Å². The molecule has 17 aromatic rings. The number of rotatable bonds is 13. The largest absolute Gasteiger partial charge is 0.310 e. The summed E-state index contributed by atoms with van der Waals surface area (Å²) in [5, 5.41) is 9.97. The summed E-state index contributed by atoms with van der Waals surface area (Å²) < 4.78 is 2.60. The molecule has 0 atom stereocenters. The highest BCUT2D eigenvalue weighted by Gasteiger charge is 2.24. The second kappa shape index (κ2) is 23.8. The Hall–Kier alpha value is -11.9. The molecule has 0 aliphatic heterocycles. The third-order valence-electron chi connectivity index (χ3n) is 18.5. The van der Waals surface area contributed by atoms with E-state index in [1.165, 1.54) is 103 Å². The van der Waals surface area contributed by atoms with E-state index < -0.39 is 0 Å². The zero-order chi connectivity index (χ0) is 61.6. The average Bonchev–Trinajstić information content (AvgIpc) is 1.79. The Morgan fingerprint density at radius 1 is 0.183 bits per heavy atom. The van der Waals surface area contributed by atoms with Crippen molar-refractivity contribution in [2.75, 3.05) is 9.80 Å².